The molecule has 3 nitrogen and oxygen atoms in total. The van der Waals surface area contributed by atoms with Gasteiger partial charge >= 0.3 is 0 Å². The summed E-state index contributed by atoms with van der Waals surface area (Å²) in [5.41, 5.74) is 0.219. The highest BCUT2D eigenvalue weighted by Gasteiger charge is 2.28. The average molecular weight is 287 g/mol. The summed E-state index contributed by atoms with van der Waals surface area (Å²) in [6.07, 6.45) is 0. The zero-order valence-electron chi connectivity index (χ0n) is 12.2. The monoisotopic (exact) mass is 287 g/mol. The van der Waals surface area contributed by atoms with E-state index in [1.54, 1.807) is 0 Å². The number of aliphatic hydroxyl groups excluding tert-OH is 1. The second-order valence-electron chi connectivity index (χ2n) is 5.75. The predicted molar refractivity (Wildman–Crippen MR) is 74.5 cm³/mol. The van der Waals surface area contributed by atoms with E-state index >= 15 is 0 Å². The molecule has 1 aromatic carbocycles. The fourth-order valence-electron chi connectivity index (χ4n) is 2.06. The van der Waals surface area contributed by atoms with Gasteiger partial charge in [0.2, 0.25) is 0 Å². The second-order valence-corrected chi connectivity index (χ2v) is 5.75. The molecular weight excluding hydrogens is 264 g/mol. The summed E-state index contributed by atoms with van der Waals surface area (Å²) in [5.74, 6) is -1.13. The van der Waals surface area contributed by atoms with E-state index in [0.29, 0.717) is 18.7 Å². The van der Waals surface area contributed by atoms with Crippen LogP contribution in [0, 0.1) is 17.0 Å². The van der Waals surface area contributed by atoms with Crippen molar-refractivity contribution in [3.63, 3.8) is 0 Å². The maximum atomic E-state index is 13.9. The van der Waals surface area contributed by atoms with Crippen molar-refractivity contribution in [2.24, 2.45) is 5.41 Å². The number of ether oxygens (including phenoxy) is 1. The number of aliphatic hydroxyl groups is 1. The molecular formula is C15H23F2NO2. The lowest BCUT2D eigenvalue weighted by Crippen LogP contribution is -2.35. The molecule has 0 heterocycles. The van der Waals surface area contributed by atoms with E-state index in [1.165, 1.54) is 12.1 Å². The third-order valence-corrected chi connectivity index (χ3v) is 2.97. The molecule has 0 aliphatic heterocycles. The highest BCUT2D eigenvalue weighted by atomic mass is 19.1. The van der Waals surface area contributed by atoms with Crippen LogP contribution in [0.5, 0.6) is 0 Å². The van der Waals surface area contributed by atoms with Gasteiger partial charge < -0.3 is 15.2 Å². The van der Waals surface area contributed by atoms with Gasteiger partial charge in [0.25, 0.3) is 0 Å². The molecule has 0 spiro atoms. The summed E-state index contributed by atoms with van der Waals surface area (Å²) >= 11 is 0. The van der Waals surface area contributed by atoms with E-state index in [4.69, 9.17) is 9.84 Å². The van der Waals surface area contributed by atoms with Crippen LogP contribution in [-0.2, 0) is 4.74 Å². The molecule has 1 atom stereocenters. The van der Waals surface area contributed by atoms with Gasteiger partial charge in [0.15, 0.2) is 0 Å². The first-order valence-electron chi connectivity index (χ1n) is 6.73. The zero-order chi connectivity index (χ0) is 15.2. The summed E-state index contributed by atoms with van der Waals surface area (Å²) in [6.45, 7) is 7.18. The molecule has 0 aliphatic rings. The van der Waals surface area contributed by atoms with Crippen LogP contribution in [0.2, 0.25) is 0 Å². The molecule has 0 radical (unpaired) electrons. The van der Waals surface area contributed by atoms with Crippen molar-refractivity contribution >= 4 is 0 Å². The van der Waals surface area contributed by atoms with Gasteiger partial charge in [0.1, 0.15) is 11.6 Å². The Morgan fingerprint density at radius 2 is 1.95 bits per heavy atom. The Morgan fingerprint density at radius 3 is 2.50 bits per heavy atom. The first-order valence-corrected chi connectivity index (χ1v) is 6.73. The highest BCUT2D eigenvalue weighted by molar-refractivity contribution is 5.23. The van der Waals surface area contributed by atoms with E-state index in [0.717, 1.165) is 6.07 Å². The van der Waals surface area contributed by atoms with Crippen molar-refractivity contribution in [3.05, 3.63) is 35.4 Å². The van der Waals surface area contributed by atoms with Crippen molar-refractivity contribution in [1.29, 1.82) is 0 Å². The van der Waals surface area contributed by atoms with Gasteiger partial charge in [-0.1, -0.05) is 26.8 Å². The maximum Gasteiger partial charge on any atom is 0.130 e. The van der Waals surface area contributed by atoms with Crippen molar-refractivity contribution < 1.29 is 18.6 Å². The first kappa shape index (κ1) is 17.0. The van der Waals surface area contributed by atoms with Gasteiger partial charge in [0.05, 0.1) is 19.8 Å². The van der Waals surface area contributed by atoms with Crippen molar-refractivity contribution in [2.75, 3.05) is 26.4 Å². The first-order chi connectivity index (χ1) is 9.36. The number of halogens is 2. The number of hydrogen-bond donors (Lipinski definition) is 2. The molecule has 0 aliphatic carbocycles. The van der Waals surface area contributed by atoms with Crippen LogP contribution in [-0.4, -0.2) is 31.5 Å². The van der Waals surface area contributed by atoms with Gasteiger partial charge in [0, 0.05) is 24.2 Å². The van der Waals surface area contributed by atoms with Crippen molar-refractivity contribution in [2.45, 2.75) is 26.8 Å². The van der Waals surface area contributed by atoms with Gasteiger partial charge in [-0.15, -0.1) is 0 Å². The van der Waals surface area contributed by atoms with Crippen LogP contribution in [0.25, 0.3) is 0 Å². The van der Waals surface area contributed by atoms with E-state index in [-0.39, 0.29) is 24.7 Å². The molecule has 1 aromatic rings. The second kappa shape index (κ2) is 7.67. The Hall–Kier alpha value is -1.04. The van der Waals surface area contributed by atoms with Crippen molar-refractivity contribution in [3.8, 4) is 0 Å². The minimum Gasteiger partial charge on any atom is -0.394 e. The van der Waals surface area contributed by atoms with Gasteiger partial charge in [-0.05, 0) is 11.5 Å². The minimum absolute atomic E-state index is 0.0186. The molecule has 0 fully saturated rings. The van der Waals surface area contributed by atoms with Crippen LogP contribution in [0.15, 0.2) is 18.2 Å². The Labute approximate surface area is 119 Å². The summed E-state index contributed by atoms with van der Waals surface area (Å²) in [5, 5.41) is 11.8. The molecule has 1 unspecified atom stereocenters. The third-order valence-electron chi connectivity index (χ3n) is 2.97. The van der Waals surface area contributed by atoms with Crippen LogP contribution >= 0.6 is 0 Å². The summed E-state index contributed by atoms with van der Waals surface area (Å²) in [7, 11) is 0. The van der Waals surface area contributed by atoms with E-state index in [2.05, 4.69) is 5.32 Å². The Kier molecular flexibility index (Phi) is 6.52. The summed E-state index contributed by atoms with van der Waals surface area (Å²) in [4.78, 5) is 0. The lowest BCUT2D eigenvalue weighted by Gasteiger charge is -2.32. The molecule has 0 aromatic heterocycles. The largest absolute Gasteiger partial charge is 0.394 e. The molecule has 20 heavy (non-hydrogen) atoms. The quantitative estimate of drug-likeness (QED) is 0.758. The summed E-state index contributed by atoms with van der Waals surface area (Å²) in [6, 6.07) is 3.39. The van der Waals surface area contributed by atoms with E-state index < -0.39 is 11.6 Å². The van der Waals surface area contributed by atoms with E-state index in [1.807, 2.05) is 20.8 Å². The molecule has 0 amide bonds. The Bertz CT molecular complexity index is 419. The average Bonchev–Trinajstić information content (AvgIpc) is 2.34. The van der Waals surface area contributed by atoms with Gasteiger partial charge in [-0.2, -0.15) is 0 Å². The molecule has 5 heteroatoms. The van der Waals surface area contributed by atoms with Crippen LogP contribution in [0.3, 0.4) is 0 Å². The predicted octanol–water partition coefficient (Wildman–Crippen LogP) is 2.65. The number of hydrogen-bond acceptors (Lipinski definition) is 3. The van der Waals surface area contributed by atoms with E-state index in [9.17, 15) is 8.78 Å². The van der Waals surface area contributed by atoms with Crippen LogP contribution in [0.4, 0.5) is 8.78 Å². The molecule has 114 valence electrons. The molecule has 0 saturated heterocycles. The Balaban J connectivity index is 2.74. The summed E-state index contributed by atoms with van der Waals surface area (Å²) < 4.78 is 32.1. The normalized spacial score (nSPS) is 13.5. The van der Waals surface area contributed by atoms with Crippen LogP contribution < -0.4 is 5.32 Å². The lowest BCUT2D eigenvalue weighted by atomic mass is 9.82. The minimum atomic E-state index is -0.579. The van der Waals surface area contributed by atoms with Crippen LogP contribution in [0.1, 0.15) is 32.4 Å². The number of benzene rings is 1. The molecule has 0 bridgehead atoms. The number of nitrogens with one attached hydrogen (secondary N) is 1. The number of rotatable bonds is 7. The van der Waals surface area contributed by atoms with Gasteiger partial charge in [-0.3, -0.25) is 0 Å². The zero-order valence-corrected chi connectivity index (χ0v) is 12.2. The standard InChI is InChI=1S/C15H23F2NO2/c1-15(2,3)14(18-6-8-20-9-7-19)12-5-4-11(16)10-13(12)17/h4-5,10,14,18-19H,6-9H2,1-3H3. The SMILES string of the molecule is CC(C)(C)C(NCCOCCO)c1ccc(F)cc1F. The lowest BCUT2D eigenvalue weighted by molar-refractivity contribution is 0.0894. The fourth-order valence-corrected chi connectivity index (χ4v) is 2.06. The Morgan fingerprint density at radius 1 is 1.25 bits per heavy atom. The third kappa shape index (κ3) is 5.15. The van der Waals surface area contributed by atoms with Crippen molar-refractivity contribution in [1.82, 2.24) is 5.32 Å². The highest BCUT2D eigenvalue weighted by Crippen LogP contribution is 2.34. The maximum absolute atomic E-state index is 13.9. The smallest absolute Gasteiger partial charge is 0.130 e. The molecule has 1 rings (SSSR count). The van der Waals surface area contributed by atoms with Gasteiger partial charge in [-0.25, -0.2) is 8.78 Å². The molecule has 2 N–H and O–H groups in total. The fraction of sp³-hybridized carbons (Fsp3) is 0.600. The molecule has 0 saturated carbocycles. The topological polar surface area (TPSA) is 41.5 Å².